The van der Waals surface area contributed by atoms with Crippen LogP contribution in [-0.4, -0.2) is 42.7 Å². The van der Waals surface area contributed by atoms with Gasteiger partial charge in [0.2, 0.25) is 0 Å². The fraction of sp³-hybridized carbons (Fsp3) is 1.00. The third-order valence-corrected chi connectivity index (χ3v) is 6.88. The predicted octanol–water partition coefficient (Wildman–Crippen LogP) is 2.42. The van der Waals surface area contributed by atoms with Gasteiger partial charge >= 0.3 is 0 Å². The van der Waals surface area contributed by atoms with Crippen molar-refractivity contribution in [2.75, 3.05) is 13.2 Å². The summed E-state index contributed by atoms with van der Waals surface area (Å²) >= 11 is 13.6. The van der Waals surface area contributed by atoms with E-state index in [1.165, 1.54) is 0 Å². The van der Waals surface area contributed by atoms with E-state index in [0.717, 1.165) is 6.42 Å². The highest BCUT2D eigenvalue weighted by Gasteiger charge is 2.22. The molecule has 0 aliphatic carbocycles. The molecular weight excluding hydrogens is 436 g/mol. The van der Waals surface area contributed by atoms with Gasteiger partial charge in [0.1, 0.15) is 0 Å². The van der Waals surface area contributed by atoms with Crippen molar-refractivity contribution in [3.05, 3.63) is 0 Å². The quantitative estimate of drug-likeness (QED) is 0.614. The minimum atomic E-state index is 0.0472. The first-order valence-electron chi connectivity index (χ1n) is 3.80. The van der Waals surface area contributed by atoms with Gasteiger partial charge in [0, 0.05) is 9.65 Å². The van der Waals surface area contributed by atoms with Crippen LogP contribution in [0.1, 0.15) is 6.42 Å². The Kier molecular flexibility index (Phi) is 9.18. The van der Waals surface area contributed by atoms with Crippen LogP contribution in [0.3, 0.4) is 0 Å². The normalized spacial score (nSPS) is 20.8. The van der Waals surface area contributed by atoms with Gasteiger partial charge in [-0.3, -0.25) is 0 Å². The molecule has 0 aromatic rings. The van der Waals surface area contributed by atoms with E-state index < -0.39 is 0 Å². The maximum atomic E-state index is 8.86. The van der Waals surface area contributed by atoms with Gasteiger partial charge in [0.15, 0.2) is 0 Å². The van der Waals surface area contributed by atoms with Crippen LogP contribution in [0.25, 0.3) is 0 Å². The van der Waals surface area contributed by atoms with Gasteiger partial charge in [-0.1, -0.05) is 63.7 Å². The Morgan fingerprint density at radius 1 is 0.692 bits per heavy atom. The highest BCUT2D eigenvalue weighted by atomic mass is 79.9. The lowest BCUT2D eigenvalue weighted by atomic mass is 10.1. The van der Waals surface area contributed by atoms with Crippen molar-refractivity contribution in [2.24, 2.45) is 0 Å². The largest absolute Gasteiger partial charge is 0.395 e. The molecule has 6 heteroatoms. The molecule has 0 bridgehead atoms. The smallest absolute Gasteiger partial charge is 0.0567 e. The second-order valence-electron chi connectivity index (χ2n) is 2.66. The van der Waals surface area contributed by atoms with Crippen molar-refractivity contribution in [2.45, 2.75) is 25.7 Å². The lowest BCUT2D eigenvalue weighted by Crippen LogP contribution is -2.27. The summed E-state index contributed by atoms with van der Waals surface area (Å²) in [4.78, 5) is 0.471. The molecule has 2 nitrogen and oxygen atoms in total. The predicted molar refractivity (Wildman–Crippen MR) is 69.6 cm³/mol. The van der Waals surface area contributed by atoms with Crippen molar-refractivity contribution in [3.8, 4) is 0 Å². The molecule has 0 spiro atoms. The topological polar surface area (TPSA) is 40.5 Å². The Balaban J connectivity index is 3.83. The minimum absolute atomic E-state index is 0.0472. The lowest BCUT2D eigenvalue weighted by Gasteiger charge is -2.20. The standard InChI is InChI=1S/C7H12Br4O2/c8-4(6(10)2-12)1-5(9)7(11)3-13/h4-7,12-13H,1-3H2. The number of halogens is 4. The molecule has 0 radical (unpaired) electrons. The molecule has 0 aromatic heterocycles. The molecule has 0 rings (SSSR count). The molecule has 0 amide bonds. The fourth-order valence-electron chi connectivity index (χ4n) is 0.739. The van der Waals surface area contributed by atoms with Gasteiger partial charge in [-0.2, -0.15) is 0 Å². The van der Waals surface area contributed by atoms with Gasteiger partial charge in [0.25, 0.3) is 0 Å². The van der Waals surface area contributed by atoms with Crippen LogP contribution in [0.4, 0.5) is 0 Å². The summed E-state index contributed by atoms with van der Waals surface area (Å²) in [6.07, 6.45) is 0.826. The van der Waals surface area contributed by atoms with Crippen molar-refractivity contribution >= 4 is 63.7 Å². The first-order valence-corrected chi connectivity index (χ1v) is 7.47. The monoisotopic (exact) mass is 444 g/mol. The summed E-state index contributed by atoms with van der Waals surface area (Å²) < 4.78 is 0. The van der Waals surface area contributed by atoms with Crippen molar-refractivity contribution < 1.29 is 10.2 Å². The van der Waals surface area contributed by atoms with Crippen LogP contribution in [0.2, 0.25) is 0 Å². The van der Waals surface area contributed by atoms with Crippen LogP contribution >= 0.6 is 63.7 Å². The summed E-state index contributed by atoms with van der Waals surface area (Å²) in [7, 11) is 0. The van der Waals surface area contributed by atoms with Crippen molar-refractivity contribution in [1.29, 1.82) is 0 Å². The van der Waals surface area contributed by atoms with E-state index in [4.69, 9.17) is 10.2 Å². The molecule has 0 fully saturated rings. The molecule has 0 saturated carbocycles. The molecule has 0 aromatic carbocycles. The van der Waals surface area contributed by atoms with E-state index in [2.05, 4.69) is 63.7 Å². The number of aliphatic hydroxyl groups excluding tert-OH is 2. The Morgan fingerprint density at radius 3 is 1.23 bits per heavy atom. The molecule has 4 unspecified atom stereocenters. The Hall–Kier alpha value is 1.84. The maximum Gasteiger partial charge on any atom is 0.0567 e. The summed E-state index contributed by atoms with van der Waals surface area (Å²) in [5, 5.41) is 17.7. The molecule has 4 atom stereocenters. The van der Waals surface area contributed by atoms with Crippen LogP contribution in [-0.2, 0) is 0 Å². The third kappa shape index (κ3) is 6.10. The molecular formula is C7H12Br4O2. The second-order valence-corrected chi connectivity index (χ2v) is 7.37. The third-order valence-electron chi connectivity index (χ3n) is 1.58. The summed E-state index contributed by atoms with van der Waals surface area (Å²) in [5.41, 5.74) is 0. The van der Waals surface area contributed by atoms with Gasteiger partial charge in [0.05, 0.1) is 22.9 Å². The zero-order valence-electron chi connectivity index (χ0n) is 6.84. The van der Waals surface area contributed by atoms with E-state index in [0.29, 0.717) is 0 Å². The van der Waals surface area contributed by atoms with Crippen LogP contribution in [0.5, 0.6) is 0 Å². The van der Waals surface area contributed by atoms with E-state index in [1.807, 2.05) is 0 Å². The van der Waals surface area contributed by atoms with Crippen molar-refractivity contribution in [3.63, 3.8) is 0 Å². The number of hydrogen-bond acceptors (Lipinski definition) is 2. The van der Waals surface area contributed by atoms with E-state index in [-0.39, 0.29) is 32.5 Å². The summed E-state index contributed by atoms with van der Waals surface area (Å²) in [5.74, 6) is 0. The molecule has 0 saturated heterocycles. The average molecular weight is 448 g/mol. The molecule has 80 valence electrons. The first-order chi connectivity index (χ1) is 6.02. The highest BCUT2D eigenvalue weighted by Crippen LogP contribution is 2.26. The molecule has 0 heterocycles. The zero-order chi connectivity index (χ0) is 10.4. The molecule has 0 aliphatic rings. The van der Waals surface area contributed by atoms with Gasteiger partial charge in [-0.05, 0) is 6.42 Å². The summed E-state index contributed by atoms with van der Waals surface area (Å²) in [6.45, 7) is 0.198. The Labute approximate surface area is 112 Å². The fourth-order valence-corrected chi connectivity index (χ4v) is 2.81. The Bertz CT molecular complexity index is 122. The Morgan fingerprint density at radius 2 is 1.00 bits per heavy atom. The molecule has 0 aliphatic heterocycles. The van der Waals surface area contributed by atoms with Crippen LogP contribution in [0.15, 0.2) is 0 Å². The zero-order valence-corrected chi connectivity index (χ0v) is 13.2. The summed E-state index contributed by atoms with van der Waals surface area (Å²) in [6, 6.07) is 0. The van der Waals surface area contributed by atoms with Crippen LogP contribution in [0, 0.1) is 0 Å². The molecule has 13 heavy (non-hydrogen) atoms. The van der Waals surface area contributed by atoms with Gasteiger partial charge < -0.3 is 10.2 Å². The minimum Gasteiger partial charge on any atom is -0.395 e. The van der Waals surface area contributed by atoms with Gasteiger partial charge in [-0.25, -0.2) is 0 Å². The highest BCUT2D eigenvalue weighted by molar-refractivity contribution is 9.13. The second kappa shape index (κ2) is 8.05. The van der Waals surface area contributed by atoms with E-state index in [1.54, 1.807) is 0 Å². The SMILES string of the molecule is OCC(Br)C(Br)CC(Br)C(Br)CO. The van der Waals surface area contributed by atoms with E-state index >= 15 is 0 Å². The first kappa shape index (κ1) is 14.8. The van der Waals surface area contributed by atoms with Crippen LogP contribution < -0.4 is 0 Å². The lowest BCUT2D eigenvalue weighted by molar-refractivity contribution is 0.285. The number of aliphatic hydroxyl groups is 2. The average Bonchev–Trinajstić information content (AvgIpc) is 2.14. The number of rotatable bonds is 6. The van der Waals surface area contributed by atoms with E-state index in [9.17, 15) is 0 Å². The number of hydrogen-bond donors (Lipinski definition) is 2. The molecule has 2 N–H and O–H groups in total. The number of alkyl halides is 4. The van der Waals surface area contributed by atoms with Crippen molar-refractivity contribution in [1.82, 2.24) is 0 Å². The van der Waals surface area contributed by atoms with Gasteiger partial charge in [-0.15, -0.1) is 0 Å². The maximum absolute atomic E-state index is 8.86.